The first-order valence-corrected chi connectivity index (χ1v) is 13.6. The molecule has 0 saturated carbocycles. The van der Waals surface area contributed by atoms with E-state index in [9.17, 15) is 18.0 Å². The third-order valence-corrected chi connectivity index (χ3v) is 8.10. The molecule has 1 aliphatic rings. The lowest BCUT2D eigenvalue weighted by Gasteiger charge is -2.24. The molecule has 0 aliphatic carbocycles. The van der Waals surface area contributed by atoms with Crippen LogP contribution in [0.1, 0.15) is 36.5 Å². The summed E-state index contributed by atoms with van der Waals surface area (Å²) >= 11 is 0. The van der Waals surface area contributed by atoms with Gasteiger partial charge in [0.25, 0.3) is 10.0 Å². The molecular formula is C28H31N3O4S. The van der Waals surface area contributed by atoms with E-state index in [-0.39, 0.29) is 23.9 Å². The number of benzene rings is 3. The molecule has 0 atom stereocenters. The highest BCUT2D eigenvalue weighted by Crippen LogP contribution is 2.24. The number of rotatable bonds is 10. The van der Waals surface area contributed by atoms with Gasteiger partial charge in [0.1, 0.15) is 6.54 Å². The number of sulfonamides is 1. The van der Waals surface area contributed by atoms with Crippen LogP contribution in [0.15, 0.2) is 83.8 Å². The maximum Gasteiger partial charge on any atom is 0.264 e. The van der Waals surface area contributed by atoms with Gasteiger partial charge in [0.2, 0.25) is 11.8 Å². The summed E-state index contributed by atoms with van der Waals surface area (Å²) < 4.78 is 28.0. The Hall–Kier alpha value is -3.65. The van der Waals surface area contributed by atoms with Crippen molar-refractivity contribution in [3.05, 3.63) is 95.6 Å². The number of hydrogen-bond donors (Lipinski definition) is 1. The number of aryl methyl sites for hydroxylation is 1. The second-order valence-electron chi connectivity index (χ2n) is 8.86. The number of anilines is 1. The van der Waals surface area contributed by atoms with E-state index in [2.05, 4.69) is 5.32 Å². The van der Waals surface area contributed by atoms with Gasteiger partial charge in [-0.1, -0.05) is 61.5 Å². The van der Waals surface area contributed by atoms with E-state index in [1.165, 1.54) is 12.1 Å². The Morgan fingerprint density at radius 1 is 0.917 bits per heavy atom. The normalized spacial score (nSPS) is 13.6. The Kier molecular flexibility index (Phi) is 8.05. The van der Waals surface area contributed by atoms with E-state index >= 15 is 0 Å². The zero-order valence-corrected chi connectivity index (χ0v) is 21.2. The van der Waals surface area contributed by atoms with Gasteiger partial charge in [-0.15, -0.1) is 0 Å². The second kappa shape index (κ2) is 11.4. The molecule has 1 fully saturated rings. The van der Waals surface area contributed by atoms with Crippen molar-refractivity contribution < 1.29 is 18.0 Å². The van der Waals surface area contributed by atoms with Crippen molar-refractivity contribution in [2.24, 2.45) is 0 Å². The topological polar surface area (TPSA) is 86.8 Å². The SMILES string of the molecule is CCc1ccc(N(CC(=O)NCc2ccc(CN3CCCC3=O)cc2)S(=O)(=O)c2ccccc2)cc1. The lowest BCUT2D eigenvalue weighted by Crippen LogP contribution is -2.40. The van der Waals surface area contributed by atoms with Crippen molar-refractivity contribution in [3.8, 4) is 0 Å². The van der Waals surface area contributed by atoms with Crippen molar-refractivity contribution in [3.63, 3.8) is 0 Å². The van der Waals surface area contributed by atoms with Crippen LogP contribution >= 0.6 is 0 Å². The van der Waals surface area contributed by atoms with Crippen LogP contribution in [-0.2, 0) is 39.1 Å². The van der Waals surface area contributed by atoms with E-state index in [4.69, 9.17) is 0 Å². The van der Waals surface area contributed by atoms with Gasteiger partial charge in [0.15, 0.2) is 0 Å². The minimum absolute atomic E-state index is 0.129. The second-order valence-corrected chi connectivity index (χ2v) is 10.7. The summed E-state index contributed by atoms with van der Waals surface area (Å²) in [5.41, 5.74) is 3.45. The predicted octanol–water partition coefficient (Wildman–Crippen LogP) is 3.88. The maximum atomic E-state index is 13.4. The van der Waals surface area contributed by atoms with Crippen LogP contribution in [0.3, 0.4) is 0 Å². The van der Waals surface area contributed by atoms with Crippen molar-refractivity contribution >= 4 is 27.5 Å². The number of carbonyl (C=O) groups excluding carboxylic acids is 2. The molecule has 1 heterocycles. The van der Waals surface area contributed by atoms with Gasteiger partial charge in [0, 0.05) is 26.1 Å². The molecule has 0 bridgehead atoms. The number of carbonyl (C=O) groups is 2. The quantitative estimate of drug-likeness (QED) is 0.453. The van der Waals surface area contributed by atoms with E-state index in [1.807, 2.05) is 48.2 Å². The van der Waals surface area contributed by atoms with Crippen LogP contribution in [-0.4, -0.2) is 38.2 Å². The Morgan fingerprint density at radius 2 is 1.56 bits per heavy atom. The highest BCUT2D eigenvalue weighted by atomic mass is 32.2. The summed E-state index contributed by atoms with van der Waals surface area (Å²) in [5, 5.41) is 2.84. The van der Waals surface area contributed by atoms with Gasteiger partial charge in [-0.2, -0.15) is 0 Å². The maximum absolute atomic E-state index is 13.4. The summed E-state index contributed by atoms with van der Waals surface area (Å²) in [6.07, 6.45) is 2.35. The molecule has 0 spiro atoms. The number of amides is 2. The zero-order valence-electron chi connectivity index (χ0n) is 20.4. The molecule has 4 rings (SSSR count). The van der Waals surface area contributed by atoms with Crippen molar-refractivity contribution in [1.82, 2.24) is 10.2 Å². The minimum Gasteiger partial charge on any atom is -0.350 e. The van der Waals surface area contributed by atoms with Crippen molar-refractivity contribution in [2.75, 3.05) is 17.4 Å². The lowest BCUT2D eigenvalue weighted by molar-refractivity contribution is -0.128. The molecule has 2 amide bonds. The van der Waals surface area contributed by atoms with Crippen LogP contribution in [0.5, 0.6) is 0 Å². The number of nitrogens with one attached hydrogen (secondary N) is 1. The average molecular weight is 506 g/mol. The first kappa shape index (κ1) is 25.4. The molecule has 1 aliphatic heterocycles. The summed E-state index contributed by atoms with van der Waals surface area (Å²) in [6.45, 7) is 3.35. The molecule has 8 heteroatoms. The number of hydrogen-bond acceptors (Lipinski definition) is 4. The minimum atomic E-state index is -3.93. The fraction of sp³-hybridized carbons (Fsp3) is 0.286. The van der Waals surface area contributed by atoms with Crippen LogP contribution in [0.2, 0.25) is 0 Å². The fourth-order valence-electron chi connectivity index (χ4n) is 4.17. The number of likely N-dealkylation sites (tertiary alicyclic amines) is 1. The van der Waals surface area contributed by atoms with Gasteiger partial charge in [0.05, 0.1) is 10.6 Å². The molecule has 1 N–H and O–H groups in total. The first-order valence-electron chi connectivity index (χ1n) is 12.2. The van der Waals surface area contributed by atoms with E-state index < -0.39 is 15.9 Å². The average Bonchev–Trinajstić information content (AvgIpc) is 3.31. The molecule has 0 unspecified atom stereocenters. The van der Waals surface area contributed by atoms with E-state index in [0.717, 1.165) is 40.4 Å². The largest absolute Gasteiger partial charge is 0.350 e. The van der Waals surface area contributed by atoms with Crippen LogP contribution in [0.25, 0.3) is 0 Å². The number of nitrogens with zero attached hydrogens (tertiary/aromatic N) is 2. The molecule has 188 valence electrons. The molecule has 3 aromatic carbocycles. The van der Waals surface area contributed by atoms with E-state index in [0.29, 0.717) is 18.7 Å². The Labute approximate surface area is 212 Å². The summed E-state index contributed by atoms with van der Waals surface area (Å²) in [6, 6.07) is 23.1. The molecule has 3 aromatic rings. The van der Waals surface area contributed by atoms with Gasteiger partial charge in [-0.25, -0.2) is 8.42 Å². The van der Waals surface area contributed by atoms with Crippen LogP contribution in [0.4, 0.5) is 5.69 Å². The molecule has 0 radical (unpaired) electrons. The fourth-order valence-corrected chi connectivity index (χ4v) is 5.62. The van der Waals surface area contributed by atoms with Crippen LogP contribution in [0, 0.1) is 0 Å². The third-order valence-electron chi connectivity index (χ3n) is 6.31. The van der Waals surface area contributed by atoms with Gasteiger partial charge in [-0.3, -0.25) is 13.9 Å². The summed E-state index contributed by atoms with van der Waals surface area (Å²) in [5.74, 6) is -0.216. The van der Waals surface area contributed by atoms with Gasteiger partial charge >= 0.3 is 0 Å². The first-order chi connectivity index (χ1) is 17.4. The van der Waals surface area contributed by atoms with Crippen molar-refractivity contribution in [2.45, 2.75) is 44.2 Å². The molecular weight excluding hydrogens is 474 g/mol. The Morgan fingerprint density at radius 3 is 2.17 bits per heavy atom. The molecule has 0 aromatic heterocycles. The van der Waals surface area contributed by atoms with Crippen molar-refractivity contribution in [1.29, 1.82) is 0 Å². The Bertz CT molecular complexity index is 1290. The third kappa shape index (κ3) is 6.12. The van der Waals surface area contributed by atoms with E-state index in [1.54, 1.807) is 30.3 Å². The monoisotopic (exact) mass is 505 g/mol. The molecule has 1 saturated heterocycles. The van der Waals surface area contributed by atoms with Gasteiger partial charge < -0.3 is 10.2 Å². The lowest BCUT2D eigenvalue weighted by atomic mass is 10.1. The highest BCUT2D eigenvalue weighted by molar-refractivity contribution is 7.92. The standard InChI is InChI=1S/C28H31N3O4S/c1-2-22-14-16-25(17-15-22)31(36(34,35)26-7-4-3-5-8-26)21-27(32)29-19-23-10-12-24(13-11-23)20-30-18-6-9-28(30)33/h3-5,7-8,10-17H,2,6,9,18-21H2,1H3,(H,29,32). The molecule has 7 nitrogen and oxygen atoms in total. The molecule has 36 heavy (non-hydrogen) atoms. The summed E-state index contributed by atoms with van der Waals surface area (Å²) in [7, 11) is -3.93. The summed E-state index contributed by atoms with van der Waals surface area (Å²) in [4.78, 5) is 26.7. The van der Waals surface area contributed by atoms with Crippen LogP contribution < -0.4 is 9.62 Å². The smallest absolute Gasteiger partial charge is 0.264 e. The zero-order chi connectivity index (χ0) is 25.5. The highest BCUT2D eigenvalue weighted by Gasteiger charge is 2.27. The Balaban J connectivity index is 1.43. The predicted molar refractivity (Wildman–Crippen MR) is 140 cm³/mol. The van der Waals surface area contributed by atoms with Gasteiger partial charge in [-0.05, 0) is 53.8 Å².